The van der Waals surface area contributed by atoms with Crippen molar-refractivity contribution >= 4 is 0 Å². The lowest BCUT2D eigenvalue weighted by Gasteiger charge is -2.23. The molecule has 1 aliphatic heterocycles. The van der Waals surface area contributed by atoms with Gasteiger partial charge < -0.3 is 10.6 Å². The van der Waals surface area contributed by atoms with Crippen molar-refractivity contribution in [3.8, 4) is 18.2 Å². The molecule has 5 nitrogen and oxygen atoms in total. The van der Waals surface area contributed by atoms with Gasteiger partial charge in [0, 0.05) is 5.56 Å². The van der Waals surface area contributed by atoms with E-state index >= 15 is 0 Å². The van der Waals surface area contributed by atoms with E-state index in [0.29, 0.717) is 5.56 Å². The molecule has 2 rings (SSSR count). The Morgan fingerprint density at radius 1 is 0.882 bits per heavy atom. The molecule has 0 amide bonds. The molecule has 80 valence electrons. The predicted octanol–water partition coefficient (Wildman–Crippen LogP) is 0.815. The second-order valence-corrected chi connectivity index (χ2v) is 3.45. The Labute approximate surface area is 98.2 Å². The summed E-state index contributed by atoms with van der Waals surface area (Å²) in [6.07, 6.45) is 0. The summed E-state index contributed by atoms with van der Waals surface area (Å²) in [6.45, 7) is 0. The smallest absolute Gasteiger partial charge is 0.226 e. The highest BCUT2D eigenvalue weighted by atomic mass is 15.3. The maximum absolute atomic E-state index is 9.28. The van der Waals surface area contributed by atoms with Crippen LogP contribution in [-0.2, 0) is 5.66 Å². The minimum Gasteiger partial charge on any atom is -0.336 e. The molecule has 5 heteroatoms. The topological polar surface area (TPSA) is 95.4 Å². The second kappa shape index (κ2) is 3.89. The van der Waals surface area contributed by atoms with Gasteiger partial charge in [0.15, 0.2) is 11.4 Å². The summed E-state index contributed by atoms with van der Waals surface area (Å²) in [5.74, 6) is 0. The predicted molar refractivity (Wildman–Crippen MR) is 58.3 cm³/mol. The number of hydrogen-bond acceptors (Lipinski definition) is 5. The van der Waals surface area contributed by atoms with Gasteiger partial charge in [-0.3, -0.25) is 0 Å². The molecule has 0 fully saturated rings. The molecular weight excluding hydrogens is 214 g/mol. The van der Waals surface area contributed by atoms with Crippen LogP contribution in [0.4, 0.5) is 0 Å². The van der Waals surface area contributed by atoms with Crippen molar-refractivity contribution in [2.24, 2.45) is 0 Å². The molecule has 1 aliphatic rings. The summed E-state index contributed by atoms with van der Waals surface area (Å²) in [6, 6.07) is 14.7. The molecule has 0 saturated carbocycles. The number of rotatable bonds is 1. The third kappa shape index (κ3) is 1.55. The molecule has 2 N–H and O–H groups in total. The quantitative estimate of drug-likeness (QED) is 0.731. The molecule has 0 bridgehead atoms. The van der Waals surface area contributed by atoms with E-state index in [-0.39, 0.29) is 11.4 Å². The van der Waals surface area contributed by atoms with E-state index in [4.69, 9.17) is 10.5 Å². The SMILES string of the molecule is N#CC1=C(C#N)NC(C#N)(c2ccccc2)N1. The second-order valence-electron chi connectivity index (χ2n) is 3.45. The fraction of sp³-hybridized carbons (Fsp3) is 0.0833. The minimum absolute atomic E-state index is 0.0814. The molecule has 17 heavy (non-hydrogen) atoms. The van der Waals surface area contributed by atoms with Crippen LogP contribution in [0.15, 0.2) is 41.7 Å². The van der Waals surface area contributed by atoms with Crippen LogP contribution in [-0.4, -0.2) is 0 Å². The summed E-state index contributed by atoms with van der Waals surface area (Å²) in [5.41, 5.74) is -0.423. The van der Waals surface area contributed by atoms with Crippen LogP contribution in [0.5, 0.6) is 0 Å². The first kappa shape index (κ1) is 10.5. The van der Waals surface area contributed by atoms with Gasteiger partial charge in [-0.1, -0.05) is 30.3 Å². The first-order chi connectivity index (χ1) is 8.25. The molecule has 0 saturated heterocycles. The molecule has 1 aromatic carbocycles. The Hall–Kier alpha value is -2.97. The Morgan fingerprint density at radius 3 is 1.82 bits per heavy atom. The molecule has 0 atom stereocenters. The molecule has 0 aromatic heterocycles. The van der Waals surface area contributed by atoms with E-state index in [1.807, 2.05) is 18.2 Å². The largest absolute Gasteiger partial charge is 0.336 e. The Bertz CT molecular complexity index is 569. The van der Waals surface area contributed by atoms with Gasteiger partial charge in [0.25, 0.3) is 0 Å². The first-order valence-corrected chi connectivity index (χ1v) is 4.83. The lowest BCUT2D eigenvalue weighted by molar-refractivity contribution is 0.461. The summed E-state index contributed by atoms with van der Waals surface area (Å²) in [4.78, 5) is 0. The highest BCUT2D eigenvalue weighted by Crippen LogP contribution is 2.25. The van der Waals surface area contributed by atoms with Gasteiger partial charge in [-0.25, -0.2) is 0 Å². The third-order valence-electron chi connectivity index (χ3n) is 2.47. The van der Waals surface area contributed by atoms with Gasteiger partial charge in [0.1, 0.15) is 18.2 Å². The number of nitriles is 3. The van der Waals surface area contributed by atoms with Crippen LogP contribution in [0.3, 0.4) is 0 Å². The van der Waals surface area contributed by atoms with Crippen LogP contribution in [0.2, 0.25) is 0 Å². The molecule has 1 heterocycles. The summed E-state index contributed by atoms with van der Waals surface area (Å²) in [7, 11) is 0. The fourth-order valence-corrected chi connectivity index (χ4v) is 1.65. The van der Waals surface area contributed by atoms with Crippen LogP contribution >= 0.6 is 0 Å². The van der Waals surface area contributed by atoms with Gasteiger partial charge in [-0.05, 0) is 0 Å². The highest BCUT2D eigenvalue weighted by Gasteiger charge is 2.40. The maximum Gasteiger partial charge on any atom is 0.226 e. The number of benzene rings is 1. The number of hydrogen-bond donors (Lipinski definition) is 2. The van der Waals surface area contributed by atoms with Crippen LogP contribution in [0.1, 0.15) is 5.56 Å². The normalized spacial score (nSPS) is 16.1. The zero-order chi connectivity index (χ0) is 12.3. The van der Waals surface area contributed by atoms with Crippen LogP contribution in [0.25, 0.3) is 0 Å². The van der Waals surface area contributed by atoms with Gasteiger partial charge in [-0.15, -0.1) is 0 Å². The Morgan fingerprint density at radius 2 is 1.41 bits per heavy atom. The summed E-state index contributed by atoms with van der Waals surface area (Å²) in [5, 5.41) is 32.5. The average Bonchev–Trinajstić information content (AvgIpc) is 2.79. The van der Waals surface area contributed by atoms with Crippen molar-refractivity contribution in [1.29, 1.82) is 15.8 Å². The average molecular weight is 221 g/mol. The van der Waals surface area contributed by atoms with E-state index in [9.17, 15) is 5.26 Å². The van der Waals surface area contributed by atoms with Crippen molar-refractivity contribution in [2.75, 3.05) is 0 Å². The summed E-state index contributed by atoms with van der Waals surface area (Å²) >= 11 is 0. The molecular formula is C12H7N5. The molecule has 1 aromatic rings. The lowest BCUT2D eigenvalue weighted by atomic mass is 10.0. The van der Waals surface area contributed by atoms with Crippen LogP contribution in [0, 0.1) is 34.0 Å². The lowest BCUT2D eigenvalue weighted by Crippen LogP contribution is -2.45. The third-order valence-corrected chi connectivity index (χ3v) is 2.47. The number of allylic oxidation sites excluding steroid dienone is 2. The standard InChI is InChI=1S/C12H7N5/c13-6-10-11(7-14)17-12(8-15,16-10)9-4-2-1-3-5-9/h1-5,16-17H. The monoisotopic (exact) mass is 221 g/mol. The van der Waals surface area contributed by atoms with E-state index in [1.54, 1.807) is 24.3 Å². The molecule has 0 aliphatic carbocycles. The van der Waals surface area contributed by atoms with E-state index in [0.717, 1.165) is 0 Å². The molecule has 0 radical (unpaired) electrons. The first-order valence-electron chi connectivity index (χ1n) is 4.83. The zero-order valence-electron chi connectivity index (χ0n) is 8.73. The van der Waals surface area contributed by atoms with Crippen molar-refractivity contribution in [3.63, 3.8) is 0 Å². The molecule has 0 spiro atoms. The van der Waals surface area contributed by atoms with Crippen molar-refractivity contribution in [2.45, 2.75) is 5.66 Å². The van der Waals surface area contributed by atoms with Gasteiger partial charge >= 0.3 is 0 Å². The Balaban J connectivity index is 2.46. The molecule has 0 unspecified atom stereocenters. The minimum atomic E-state index is -1.24. The van der Waals surface area contributed by atoms with Crippen molar-refractivity contribution in [3.05, 3.63) is 47.3 Å². The highest BCUT2D eigenvalue weighted by molar-refractivity contribution is 5.47. The van der Waals surface area contributed by atoms with Gasteiger partial charge in [0.2, 0.25) is 5.66 Å². The summed E-state index contributed by atoms with van der Waals surface area (Å²) < 4.78 is 0. The number of nitrogens with one attached hydrogen (secondary N) is 2. The van der Waals surface area contributed by atoms with Gasteiger partial charge in [-0.2, -0.15) is 15.8 Å². The van der Waals surface area contributed by atoms with E-state index in [1.165, 1.54) is 0 Å². The van der Waals surface area contributed by atoms with Crippen molar-refractivity contribution in [1.82, 2.24) is 10.6 Å². The van der Waals surface area contributed by atoms with Crippen LogP contribution < -0.4 is 10.6 Å². The Kier molecular flexibility index (Phi) is 2.41. The fourth-order valence-electron chi connectivity index (χ4n) is 1.65. The van der Waals surface area contributed by atoms with E-state index < -0.39 is 5.66 Å². The number of nitrogens with zero attached hydrogens (tertiary/aromatic N) is 3. The van der Waals surface area contributed by atoms with Gasteiger partial charge in [0.05, 0.1) is 0 Å². The van der Waals surface area contributed by atoms with Crippen molar-refractivity contribution < 1.29 is 0 Å². The van der Waals surface area contributed by atoms with E-state index in [2.05, 4.69) is 16.7 Å². The zero-order valence-corrected chi connectivity index (χ0v) is 8.73. The maximum atomic E-state index is 9.28.